The number of alkyl halides is 1. The zero-order valence-electron chi connectivity index (χ0n) is 14.3. The van der Waals surface area contributed by atoms with E-state index in [1.807, 2.05) is 0 Å². The van der Waals surface area contributed by atoms with E-state index in [0.717, 1.165) is 0 Å². The Bertz CT molecular complexity index is 1140. The van der Waals surface area contributed by atoms with Crippen LogP contribution in [0.15, 0.2) is 35.3 Å². The summed E-state index contributed by atoms with van der Waals surface area (Å²) in [5, 5.41) is 9.56. The second-order valence-electron chi connectivity index (χ2n) is 6.41. The van der Waals surface area contributed by atoms with E-state index in [2.05, 4.69) is 16.0 Å². The van der Waals surface area contributed by atoms with Crippen LogP contribution in [0.3, 0.4) is 0 Å². The smallest absolute Gasteiger partial charge is 0.259 e. The number of hydrogen-bond donors (Lipinski definition) is 0. The number of fused-ring (bicyclic) bond motifs is 1. The Morgan fingerprint density at radius 2 is 2.08 bits per heavy atom. The molecule has 1 fully saturated rings. The maximum absolute atomic E-state index is 14.4. The standard InChI is InChI=1S/C19H15FN4O2/c1-11-7-13(19(20)4-5-19)8-12(10-21)17(11)14-9-16(25)24-6-3-15(26-2)23-18(24)22-14/h3,6-9H,4-5H2,1-2H3. The third-order valence-electron chi connectivity index (χ3n) is 4.64. The Labute approximate surface area is 148 Å². The van der Waals surface area contributed by atoms with Crippen molar-refractivity contribution in [3.63, 3.8) is 0 Å². The lowest BCUT2D eigenvalue weighted by Crippen LogP contribution is -2.16. The zero-order chi connectivity index (χ0) is 18.5. The van der Waals surface area contributed by atoms with Crippen molar-refractivity contribution in [3.05, 3.63) is 57.5 Å². The summed E-state index contributed by atoms with van der Waals surface area (Å²) in [6, 6.07) is 8.30. The van der Waals surface area contributed by atoms with Crippen molar-refractivity contribution in [2.75, 3.05) is 7.11 Å². The Hall–Kier alpha value is -3.27. The second-order valence-corrected chi connectivity index (χ2v) is 6.41. The SMILES string of the molecule is COc1ccn2c(=O)cc(-c3c(C)cc(C4(F)CC4)cc3C#N)nc2n1. The van der Waals surface area contributed by atoms with Gasteiger partial charge in [0.25, 0.3) is 5.56 Å². The van der Waals surface area contributed by atoms with Crippen LogP contribution in [-0.2, 0) is 5.67 Å². The molecule has 6 nitrogen and oxygen atoms in total. The first-order valence-corrected chi connectivity index (χ1v) is 8.14. The fourth-order valence-corrected chi connectivity index (χ4v) is 3.09. The van der Waals surface area contributed by atoms with Crippen LogP contribution in [0.1, 0.15) is 29.5 Å². The van der Waals surface area contributed by atoms with Gasteiger partial charge in [-0.1, -0.05) is 6.07 Å². The summed E-state index contributed by atoms with van der Waals surface area (Å²) < 4.78 is 20.8. The summed E-state index contributed by atoms with van der Waals surface area (Å²) in [5.74, 6) is 0.498. The number of benzene rings is 1. The minimum absolute atomic E-state index is 0.170. The predicted molar refractivity (Wildman–Crippen MR) is 92.7 cm³/mol. The number of methoxy groups -OCH3 is 1. The lowest BCUT2D eigenvalue weighted by atomic mass is 9.94. The number of rotatable bonds is 3. The van der Waals surface area contributed by atoms with E-state index in [-0.39, 0.29) is 11.3 Å². The predicted octanol–water partition coefficient (Wildman–Crippen LogP) is 2.90. The van der Waals surface area contributed by atoms with Crippen molar-refractivity contribution >= 4 is 5.78 Å². The van der Waals surface area contributed by atoms with Crippen LogP contribution in [0.5, 0.6) is 5.88 Å². The van der Waals surface area contributed by atoms with Gasteiger partial charge >= 0.3 is 0 Å². The minimum Gasteiger partial charge on any atom is -0.481 e. The van der Waals surface area contributed by atoms with Gasteiger partial charge in [-0.15, -0.1) is 0 Å². The Balaban J connectivity index is 1.95. The fraction of sp³-hybridized carbons (Fsp3) is 0.263. The van der Waals surface area contributed by atoms with Crippen LogP contribution in [0, 0.1) is 18.3 Å². The molecular formula is C19H15FN4O2. The summed E-state index contributed by atoms with van der Waals surface area (Å²) >= 11 is 0. The van der Waals surface area contributed by atoms with Gasteiger partial charge in [0, 0.05) is 23.9 Å². The first-order valence-electron chi connectivity index (χ1n) is 8.14. The third kappa shape index (κ3) is 2.51. The van der Waals surface area contributed by atoms with E-state index < -0.39 is 5.67 Å². The van der Waals surface area contributed by atoms with Gasteiger partial charge in [0.2, 0.25) is 11.7 Å². The summed E-state index contributed by atoms with van der Waals surface area (Å²) in [5.41, 5.74) is 0.694. The summed E-state index contributed by atoms with van der Waals surface area (Å²) in [4.78, 5) is 21.0. The number of hydrogen-bond acceptors (Lipinski definition) is 5. The van der Waals surface area contributed by atoms with Crippen LogP contribution in [0.25, 0.3) is 17.0 Å². The highest BCUT2D eigenvalue weighted by Crippen LogP contribution is 2.50. The molecule has 0 aliphatic heterocycles. The zero-order valence-corrected chi connectivity index (χ0v) is 14.3. The van der Waals surface area contributed by atoms with Gasteiger partial charge in [-0.25, -0.2) is 9.37 Å². The molecule has 0 spiro atoms. The molecule has 7 heteroatoms. The van der Waals surface area contributed by atoms with Crippen LogP contribution < -0.4 is 10.3 Å². The molecule has 2 aromatic heterocycles. The van der Waals surface area contributed by atoms with E-state index in [1.165, 1.54) is 23.8 Å². The fourth-order valence-electron chi connectivity index (χ4n) is 3.09. The molecule has 0 radical (unpaired) electrons. The molecule has 3 aromatic rings. The van der Waals surface area contributed by atoms with Crippen LogP contribution in [0.4, 0.5) is 4.39 Å². The average Bonchev–Trinajstić information content (AvgIpc) is 3.39. The maximum Gasteiger partial charge on any atom is 0.259 e. The number of ether oxygens (including phenoxy) is 1. The van der Waals surface area contributed by atoms with Crippen molar-refractivity contribution in [2.24, 2.45) is 0 Å². The summed E-state index contributed by atoms with van der Waals surface area (Å²) in [6.07, 6.45) is 2.47. The lowest BCUT2D eigenvalue weighted by molar-refractivity contribution is 0.317. The van der Waals surface area contributed by atoms with E-state index in [0.29, 0.717) is 46.7 Å². The minimum atomic E-state index is -1.33. The molecule has 0 bridgehead atoms. The van der Waals surface area contributed by atoms with E-state index in [4.69, 9.17) is 4.74 Å². The van der Waals surface area contributed by atoms with Crippen LogP contribution in [0.2, 0.25) is 0 Å². The Morgan fingerprint density at radius 1 is 1.31 bits per heavy atom. The lowest BCUT2D eigenvalue weighted by Gasteiger charge is -2.13. The molecule has 1 aliphatic carbocycles. The van der Waals surface area contributed by atoms with E-state index in [1.54, 1.807) is 25.1 Å². The number of nitrogens with zero attached hydrogens (tertiary/aromatic N) is 4. The second kappa shape index (κ2) is 5.63. The van der Waals surface area contributed by atoms with Crippen LogP contribution in [-0.4, -0.2) is 21.5 Å². The topological polar surface area (TPSA) is 80.3 Å². The molecule has 4 rings (SSSR count). The van der Waals surface area contributed by atoms with Gasteiger partial charge in [0.15, 0.2) is 0 Å². The number of aryl methyl sites for hydroxylation is 1. The van der Waals surface area contributed by atoms with Gasteiger partial charge in [-0.05, 0) is 37.0 Å². The highest BCUT2D eigenvalue weighted by atomic mass is 19.1. The van der Waals surface area contributed by atoms with Gasteiger partial charge in [0.1, 0.15) is 5.67 Å². The van der Waals surface area contributed by atoms with E-state index in [9.17, 15) is 14.4 Å². The van der Waals surface area contributed by atoms with Gasteiger partial charge in [-0.3, -0.25) is 9.20 Å². The first kappa shape index (κ1) is 16.2. The molecule has 0 saturated heterocycles. The third-order valence-corrected chi connectivity index (χ3v) is 4.64. The Kier molecular flexibility index (Phi) is 3.51. The first-order chi connectivity index (χ1) is 12.4. The monoisotopic (exact) mass is 350 g/mol. The number of halogens is 1. The number of aromatic nitrogens is 3. The molecular weight excluding hydrogens is 335 g/mol. The van der Waals surface area contributed by atoms with Crippen molar-refractivity contribution < 1.29 is 9.13 Å². The Morgan fingerprint density at radius 3 is 2.73 bits per heavy atom. The average molecular weight is 350 g/mol. The highest BCUT2D eigenvalue weighted by Gasteiger charge is 2.45. The molecule has 26 heavy (non-hydrogen) atoms. The van der Waals surface area contributed by atoms with Crippen molar-refractivity contribution in [1.29, 1.82) is 5.26 Å². The van der Waals surface area contributed by atoms with Crippen molar-refractivity contribution in [2.45, 2.75) is 25.4 Å². The molecule has 0 unspecified atom stereocenters. The summed E-state index contributed by atoms with van der Waals surface area (Å²) in [6.45, 7) is 1.79. The van der Waals surface area contributed by atoms with Gasteiger partial charge in [-0.2, -0.15) is 10.2 Å². The highest BCUT2D eigenvalue weighted by molar-refractivity contribution is 5.73. The molecule has 1 aromatic carbocycles. The van der Waals surface area contributed by atoms with Crippen molar-refractivity contribution in [1.82, 2.24) is 14.4 Å². The molecule has 1 aliphatic rings. The molecule has 0 N–H and O–H groups in total. The quantitative estimate of drug-likeness (QED) is 0.725. The molecule has 0 amide bonds. The largest absolute Gasteiger partial charge is 0.481 e. The van der Waals surface area contributed by atoms with Crippen molar-refractivity contribution in [3.8, 4) is 23.2 Å². The number of nitriles is 1. The van der Waals surface area contributed by atoms with Gasteiger partial charge < -0.3 is 4.74 Å². The molecule has 130 valence electrons. The normalized spacial score (nSPS) is 14.8. The van der Waals surface area contributed by atoms with E-state index >= 15 is 0 Å². The van der Waals surface area contributed by atoms with Crippen LogP contribution >= 0.6 is 0 Å². The molecule has 2 heterocycles. The summed E-state index contributed by atoms with van der Waals surface area (Å²) in [7, 11) is 1.47. The molecule has 1 saturated carbocycles. The van der Waals surface area contributed by atoms with Gasteiger partial charge in [0.05, 0.1) is 24.4 Å². The molecule has 0 atom stereocenters. The maximum atomic E-state index is 14.4.